The van der Waals surface area contributed by atoms with E-state index in [0.717, 1.165) is 18.4 Å². The summed E-state index contributed by atoms with van der Waals surface area (Å²) in [5, 5.41) is 8.03. The monoisotopic (exact) mass is 249 g/mol. The molecule has 1 aromatic heterocycles. The number of carbonyl (C=O) groups excluding carboxylic acids is 1. The number of amides is 1. The number of aromatic nitrogens is 2. The van der Waals surface area contributed by atoms with Gasteiger partial charge in [0.25, 0.3) is 0 Å². The van der Waals surface area contributed by atoms with E-state index in [1.165, 1.54) is 12.8 Å². The van der Waals surface area contributed by atoms with Gasteiger partial charge < -0.3 is 16.4 Å². The molecule has 0 saturated heterocycles. The number of primary amides is 1. The van der Waals surface area contributed by atoms with E-state index in [1.54, 1.807) is 6.20 Å². The van der Waals surface area contributed by atoms with Crippen molar-refractivity contribution in [3.8, 4) is 0 Å². The summed E-state index contributed by atoms with van der Waals surface area (Å²) in [6, 6.07) is 2.16. The molecule has 6 heteroatoms. The summed E-state index contributed by atoms with van der Waals surface area (Å²) in [5.74, 6) is 0.348. The molecule has 0 atom stereocenters. The highest BCUT2D eigenvalue weighted by Gasteiger charge is 2.26. The molecule has 1 heterocycles. The van der Waals surface area contributed by atoms with Crippen molar-refractivity contribution in [2.24, 2.45) is 11.5 Å². The van der Waals surface area contributed by atoms with Gasteiger partial charge in [-0.1, -0.05) is 12.8 Å². The number of rotatable bonds is 5. The van der Waals surface area contributed by atoms with E-state index in [4.69, 9.17) is 11.5 Å². The molecule has 4 N–H and O–H groups in total. The summed E-state index contributed by atoms with van der Waals surface area (Å²) in [6.45, 7) is 0.559. The maximum Gasteiger partial charge on any atom is 0.237 e. The molecular weight excluding hydrogens is 230 g/mol. The second-order valence-corrected chi connectivity index (χ2v) is 4.62. The van der Waals surface area contributed by atoms with Gasteiger partial charge in [0.15, 0.2) is 5.82 Å². The highest BCUT2D eigenvalue weighted by atomic mass is 16.1. The van der Waals surface area contributed by atoms with Gasteiger partial charge in [-0.3, -0.25) is 4.79 Å². The van der Waals surface area contributed by atoms with Crippen molar-refractivity contribution < 1.29 is 4.79 Å². The minimum Gasteiger partial charge on any atom is -0.368 e. The van der Waals surface area contributed by atoms with Crippen LogP contribution in [0.1, 0.15) is 31.2 Å². The van der Waals surface area contributed by atoms with Crippen LogP contribution in [0.25, 0.3) is 0 Å². The van der Waals surface area contributed by atoms with Crippen molar-refractivity contribution in [1.82, 2.24) is 10.2 Å². The number of nitrogens with zero attached hydrogens (tertiary/aromatic N) is 3. The lowest BCUT2D eigenvalue weighted by Crippen LogP contribution is -2.41. The number of carbonyl (C=O) groups is 1. The van der Waals surface area contributed by atoms with Gasteiger partial charge in [0.1, 0.15) is 0 Å². The van der Waals surface area contributed by atoms with Crippen LogP contribution in [0.5, 0.6) is 0 Å². The molecule has 0 unspecified atom stereocenters. The van der Waals surface area contributed by atoms with Crippen LogP contribution in [0.4, 0.5) is 5.82 Å². The van der Waals surface area contributed by atoms with Crippen LogP contribution >= 0.6 is 0 Å². The Labute approximate surface area is 106 Å². The lowest BCUT2D eigenvalue weighted by atomic mass is 10.1. The minimum absolute atomic E-state index is 0.177. The molecule has 0 aromatic carbocycles. The largest absolute Gasteiger partial charge is 0.368 e. The van der Waals surface area contributed by atoms with Crippen LogP contribution in [-0.4, -0.2) is 28.7 Å². The smallest absolute Gasteiger partial charge is 0.237 e. The second kappa shape index (κ2) is 5.77. The van der Waals surface area contributed by atoms with E-state index >= 15 is 0 Å². The Kier molecular flexibility index (Phi) is 4.09. The van der Waals surface area contributed by atoms with E-state index in [2.05, 4.69) is 10.2 Å². The minimum atomic E-state index is -0.351. The molecular formula is C12H19N5O. The third-order valence-electron chi connectivity index (χ3n) is 3.37. The third-order valence-corrected chi connectivity index (χ3v) is 3.37. The fourth-order valence-corrected chi connectivity index (χ4v) is 2.51. The van der Waals surface area contributed by atoms with Gasteiger partial charge in [0.05, 0.1) is 12.7 Å². The zero-order valence-electron chi connectivity index (χ0n) is 10.4. The first-order chi connectivity index (χ1) is 8.72. The SMILES string of the molecule is NCc1ccnnc1N(CC(N)=O)C1CCCC1. The average Bonchev–Trinajstić information content (AvgIpc) is 2.89. The first-order valence-electron chi connectivity index (χ1n) is 6.28. The number of hydrogen-bond acceptors (Lipinski definition) is 5. The van der Waals surface area contributed by atoms with Gasteiger partial charge in [-0.05, 0) is 18.9 Å². The lowest BCUT2D eigenvalue weighted by Gasteiger charge is -2.29. The van der Waals surface area contributed by atoms with Gasteiger partial charge in [0, 0.05) is 18.2 Å². The Morgan fingerprint density at radius 2 is 2.17 bits per heavy atom. The van der Waals surface area contributed by atoms with Crippen LogP contribution in [0.2, 0.25) is 0 Å². The van der Waals surface area contributed by atoms with Crippen molar-refractivity contribution >= 4 is 11.7 Å². The standard InChI is InChI=1S/C12H19N5O/c13-7-9-5-6-15-16-12(9)17(8-11(14)18)10-3-1-2-4-10/h5-6,10H,1-4,7-8,13H2,(H2,14,18). The van der Waals surface area contributed by atoms with Crippen LogP contribution in [0, 0.1) is 0 Å². The molecule has 1 aliphatic rings. The Morgan fingerprint density at radius 1 is 1.44 bits per heavy atom. The Morgan fingerprint density at radius 3 is 2.78 bits per heavy atom. The van der Waals surface area contributed by atoms with Gasteiger partial charge in [-0.2, -0.15) is 5.10 Å². The molecule has 1 fully saturated rings. The quantitative estimate of drug-likeness (QED) is 0.775. The molecule has 2 rings (SSSR count). The lowest BCUT2D eigenvalue weighted by molar-refractivity contribution is -0.116. The van der Waals surface area contributed by atoms with E-state index in [1.807, 2.05) is 11.0 Å². The summed E-state index contributed by atoms with van der Waals surface area (Å²) in [6.07, 6.45) is 6.10. The highest BCUT2D eigenvalue weighted by molar-refractivity contribution is 5.79. The molecule has 6 nitrogen and oxygen atoms in total. The van der Waals surface area contributed by atoms with Gasteiger partial charge >= 0.3 is 0 Å². The molecule has 18 heavy (non-hydrogen) atoms. The highest BCUT2D eigenvalue weighted by Crippen LogP contribution is 2.28. The fourth-order valence-electron chi connectivity index (χ4n) is 2.51. The molecule has 0 aliphatic heterocycles. The predicted octanol–water partition coefficient (Wildman–Crippen LogP) is 0.170. The molecule has 0 radical (unpaired) electrons. The van der Waals surface area contributed by atoms with E-state index in [0.29, 0.717) is 18.4 Å². The van der Waals surface area contributed by atoms with Crippen molar-refractivity contribution in [3.63, 3.8) is 0 Å². The predicted molar refractivity (Wildman–Crippen MR) is 68.7 cm³/mol. The van der Waals surface area contributed by atoms with E-state index in [-0.39, 0.29) is 12.5 Å². The fraction of sp³-hybridized carbons (Fsp3) is 0.583. The average molecular weight is 249 g/mol. The summed E-state index contributed by atoms with van der Waals surface area (Å²) in [5.41, 5.74) is 11.9. The summed E-state index contributed by atoms with van der Waals surface area (Å²) >= 11 is 0. The molecule has 0 spiro atoms. The van der Waals surface area contributed by atoms with Crippen molar-refractivity contribution in [3.05, 3.63) is 17.8 Å². The summed E-state index contributed by atoms with van der Waals surface area (Å²) < 4.78 is 0. The zero-order chi connectivity index (χ0) is 13.0. The molecule has 1 aliphatic carbocycles. The maximum atomic E-state index is 11.2. The molecule has 0 bridgehead atoms. The molecule has 1 amide bonds. The summed E-state index contributed by atoms with van der Waals surface area (Å²) in [4.78, 5) is 13.2. The second-order valence-electron chi connectivity index (χ2n) is 4.62. The maximum absolute atomic E-state index is 11.2. The van der Waals surface area contributed by atoms with Crippen LogP contribution in [0.15, 0.2) is 12.3 Å². The Hall–Kier alpha value is -1.69. The van der Waals surface area contributed by atoms with Crippen LogP contribution in [-0.2, 0) is 11.3 Å². The normalized spacial score (nSPS) is 15.8. The van der Waals surface area contributed by atoms with Crippen molar-refractivity contribution in [2.45, 2.75) is 38.3 Å². The number of anilines is 1. The molecule has 1 saturated carbocycles. The topological polar surface area (TPSA) is 98.1 Å². The first kappa shape index (κ1) is 12.8. The summed E-state index contributed by atoms with van der Waals surface area (Å²) in [7, 11) is 0. The van der Waals surface area contributed by atoms with E-state index < -0.39 is 0 Å². The van der Waals surface area contributed by atoms with E-state index in [9.17, 15) is 4.79 Å². The number of hydrogen-bond donors (Lipinski definition) is 2. The van der Waals surface area contributed by atoms with Crippen LogP contribution < -0.4 is 16.4 Å². The van der Waals surface area contributed by atoms with Crippen molar-refractivity contribution in [1.29, 1.82) is 0 Å². The Bertz CT molecular complexity index is 417. The van der Waals surface area contributed by atoms with Gasteiger partial charge in [-0.25, -0.2) is 0 Å². The van der Waals surface area contributed by atoms with Crippen molar-refractivity contribution in [2.75, 3.05) is 11.4 Å². The Balaban J connectivity index is 2.29. The van der Waals surface area contributed by atoms with Gasteiger partial charge in [-0.15, -0.1) is 5.10 Å². The zero-order valence-corrected chi connectivity index (χ0v) is 10.4. The van der Waals surface area contributed by atoms with Gasteiger partial charge in [0.2, 0.25) is 5.91 Å². The third kappa shape index (κ3) is 2.76. The molecule has 1 aromatic rings. The molecule has 98 valence electrons. The van der Waals surface area contributed by atoms with Crippen LogP contribution in [0.3, 0.4) is 0 Å². The number of nitrogens with two attached hydrogens (primary N) is 2. The first-order valence-corrected chi connectivity index (χ1v) is 6.28.